The Hall–Kier alpha value is -0.430. The van der Waals surface area contributed by atoms with Gasteiger partial charge in [-0.1, -0.05) is 0 Å². The van der Waals surface area contributed by atoms with Crippen molar-refractivity contribution >= 4 is 15.9 Å². The van der Waals surface area contributed by atoms with Gasteiger partial charge in [0.15, 0.2) is 0 Å². The minimum atomic E-state index is -0.751. The van der Waals surface area contributed by atoms with Gasteiger partial charge in [-0.2, -0.15) is 5.10 Å². The van der Waals surface area contributed by atoms with Gasteiger partial charge in [-0.05, 0) is 36.7 Å². The van der Waals surface area contributed by atoms with Crippen LogP contribution in [0.1, 0.15) is 31.7 Å². The average molecular weight is 332 g/mol. The number of rotatable bonds is 5. The maximum absolute atomic E-state index is 10.4. The van der Waals surface area contributed by atoms with Crippen molar-refractivity contribution in [2.24, 2.45) is 0 Å². The van der Waals surface area contributed by atoms with Crippen molar-refractivity contribution in [2.75, 3.05) is 13.2 Å². The number of ether oxygens (including phenoxy) is 1. The highest BCUT2D eigenvalue weighted by molar-refractivity contribution is 9.10. The standard InChI is InChI=1S/C13H22BrN3O2/c1-4-17-11(12(14)9(2)16-17)7-15-8-13(18)5-6-19-10(13)3/h10,15,18H,4-8H2,1-3H3. The molecule has 0 amide bonds. The predicted octanol–water partition coefficient (Wildman–Crippen LogP) is 1.60. The molecule has 1 fully saturated rings. The molecular weight excluding hydrogens is 310 g/mol. The van der Waals surface area contributed by atoms with Crippen LogP contribution >= 0.6 is 15.9 Å². The second kappa shape index (κ2) is 5.91. The van der Waals surface area contributed by atoms with E-state index in [0.29, 0.717) is 26.1 Å². The third kappa shape index (κ3) is 3.02. The lowest BCUT2D eigenvalue weighted by atomic mass is 9.97. The molecule has 0 spiro atoms. The molecule has 2 N–H and O–H groups in total. The van der Waals surface area contributed by atoms with Crippen LogP contribution in [0.5, 0.6) is 0 Å². The smallest absolute Gasteiger partial charge is 0.105 e. The van der Waals surface area contributed by atoms with Crippen LogP contribution in [0.15, 0.2) is 4.47 Å². The third-order valence-corrected chi connectivity index (χ3v) is 4.87. The zero-order chi connectivity index (χ0) is 14.0. The molecule has 5 nitrogen and oxygen atoms in total. The molecule has 0 aliphatic carbocycles. The molecule has 1 aliphatic rings. The van der Waals surface area contributed by atoms with Crippen molar-refractivity contribution in [1.29, 1.82) is 0 Å². The highest BCUT2D eigenvalue weighted by Gasteiger charge is 2.39. The molecule has 1 aromatic rings. The molecule has 108 valence electrons. The number of aromatic nitrogens is 2. The molecule has 1 aliphatic heterocycles. The SMILES string of the molecule is CCn1nc(C)c(Br)c1CNCC1(O)CCOC1C. The summed E-state index contributed by atoms with van der Waals surface area (Å²) in [5.41, 5.74) is 1.36. The highest BCUT2D eigenvalue weighted by atomic mass is 79.9. The van der Waals surface area contributed by atoms with Crippen molar-refractivity contribution in [1.82, 2.24) is 15.1 Å². The second-order valence-corrected chi connectivity index (χ2v) is 5.92. The summed E-state index contributed by atoms with van der Waals surface area (Å²) in [6.07, 6.45) is 0.579. The van der Waals surface area contributed by atoms with Gasteiger partial charge in [0.1, 0.15) is 5.60 Å². The Kier molecular flexibility index (Phi) is 4.66. The van der Waals surface area contributed by atoms with E-state index in [-0.39, 0.29) is 6.10 Å². The molecule has 2 rings (SSSR count). The van der Waals surface area contributed by atoms with Crippen LogP contribution in [0.3, 0.4) is 0 Å². The Labute approximate surface area is 122 Å². The molecule has 2 heterocycles. The minimum Gasteiger partial charge on any atom is -0.386 e. The molecule has 2 unspecified atom stereocenters. The van der Waals surface area contributed by atoms with E-state index in [1.165, 1.54) is 0 Å². The quantitative estimate of drug-likeness (QED) is 0.860. The zero-order valence-corrected chi connectivity index (χ0v) is 13.3. The van der Waals surface area contributed by atoms with E-state index >= 15 is 0 Å². The monoisotopic (exact) mass is 331 g/mol. The molecular formula is C13H22BrN3O2. The lowest BCUT2D eigenvalue weighted by molar-refractivity contribution is -0.0263. The van der Waals surface area contributed by atoms with Crippen LogP contribution in [-0.4, -0.2) is 39.7 Å². The topological polar surface area (TPSA) is 59.3 Å². The Morgan fingerprint density at radius 1 is 1.63 bits per heavy atom. The van der Waals surface area contributed by atoms with Gasteiger partial charge in [0.05, 0.1) is 22.0 Å². The lowest BCUT2D eigenvalue weighted by Crippen LogP contribution is -2.45. The number of hydrogen-bond donors (Lipinski definition) is 2. The van der Waals surface area contributed by atoms with E-state index in [1.54, 1.807) is 0 Å². The summed E-state index contributed by atoms with van der Waals surface area (Å²) in [6, 6.07) is 0. The van der Waals surface area contributed by atoms with Gasteiger partial charge in [0, 0.05) is 32.7 Å². The van der Waals surface area contributed by atoms with Crippen LogP contribution in [0.2, 0.25) is 0 Å². The summed E-state index contributed by atoms with van der Waals surface area (Å²) in [5.74, 6) is 0. The summed E-state index contributed by atoms with van der Waals surface area (Å²) < 4.78 is 8.45. The Morgan fingerprint density at radius 2 is 2.37 bits per heavy atom. The fourth-order valence-corrected chi connectivity index (χ4v) is 2.86. The van der Waals surface area contributed by atoms with E-state index in [4.69, 9.17) is 4.74 Å². The van der Waals surface area contributed by atoms with Crippen molar-refractivity contribution in [3.05, 3.63) is 15.9 Å². The van der Waals surface area contributed by atoms with Crippen LogP contribution in [0.25, 0.3) is 0 Å². The summed E-state index contributed by atoms with van der Waals surface area (Å²) in [7, 11) is 0. The average Bonchev–Trinajstić information content (AvgIpc) is 2.84. The first kappa shape index (κ1) is 15.0. The van der Waals surface area contributed by atoms with E-state index in [1.807, 2.05) is 18.5 Å². The van der Waals surface area contributed by atoms with Gasteiger partial charge >= 0.3 is 0 Å². The fraction of sp³-hybridized carbons (Fsp3) is 0.769. The molecule has 0 saturated carbocycles. The summed E-state index contributed by atoms with van der Waals surface area (Å²) in [5, 5.41) is 18.2. The van der Waals surface area contributed by atoms with E-state index in [2.05, 4.69) is 33.3 Å². The number of aryl methyl sites for hydroxylation is 2. The van der Waals surface area contributed by atoms with Gasteiger partial charge in [0.2, 0.25) is 0 Å². The van der Waals surface area contributed by atoms with Crippen LogP contribution in [0.4, 0.5) is 0 Å². The Bertz CT molecular complexity index is 449. The van der Waals surface area contributed by atoms with Gasteiger partial charge in [-0.25, -0.2) is 0 Å². The van der Waals surface area contributed by atoms with Crippen molar-refractivity contribution < 1.29 is 9.84 Å². The summed E-state index contributed by atoms with van der Waals surface area (Å²) >= 11 is 3.57. The lowest BCUT2D eigenvalue weighted by Gasteiger charge is -2.26. The van der Waals surface area contributed by atoms with Crippen LogP contribution in [0, 0.1) is 6.92 Å². The predicted molar refractivity (Wildman–Crippen MR) is 77.0 cm³/mol. The fourth-order valence-electron chi connectivity index (χ4n) is 2.44. The van der Waals surface area contributed by atoms with Crippen LogP contribution in [-0.2, 0) is 17.8 Å². The minimum absolute atomic E-state index is 0.110. The first-order chi connectivity index (χ1) is 8.98. The van der Waals surface area contributed by atoms with E-state index < -0.39 is 5.60 Å². The summed E-state index contributed by atoms with van der Waals surface area (Å²) in [4.78, 5) is 0. The van der Waals surface area contributed by atoms with Gasteiger partial charge in [-0.3, -0.25) is 4.68 Å². The van der Waals surface area contributed by atoms with Gasteiger partial charge in [0.25, 0.3) is 0 Å². The van der Waals surface area contributed by atoms with E-state index in [9.17, 15) is 5.11 Å². The number of hydrogen-bond acceptors (Lipinski definition) is 4. The first-order valence-corrected chi connectivity index (χ1v) is 7.53. The van der Waals surface area contributed by atoms with Crippen molar-refractivity contribution in [2.45, 2.75) is 52.0 Å². The van der Waals surface area contributed by atoms with E-state index in [0.717, 1.165) is 22.4 Å². The Balaban J connectivity index is 1.96. The van der Waals surface area contributed by atoms with Crippen LogP contribution < -0.4 is 5.32 Å². The number of nitrogens with zero attached hydrogens (tertiary/aromatic N) is 2. The maximum atomic E-state index is 10.4. The molecule has 1 saturated heterocycles. The number of aliphatic hydroxyl groups is 1. The largest absolute Gasteiger partial charge is 0.386 e. The maximum Gasteiger partial charge on any atom is 0.105 e. The number of nitrogens with one attached hydrogen (secondary N) is 1. The van der Waals surface area contributed by atoms with Gasteiger partial charge < -0.3 is 15.2 Å². The van der Waals surface area contributed by atoms with Gasteiger partial charge in [-0.15, -0.1) is 0 Å². The third-order valence-electron chi connectivity index (χ3n) is 3.84. The van der Waals surface area contributed by atoms with Crippen molar-refractivity contribution in [3.8, 4) is 0 Å². The summed E-state index contributed by atoms with van der Waals surface area (Å²) in [6.45, 7) is 8.68. The molecule has 19 heavy (non-hydrogen) atoms. The molecule has 0 radical (unpaired) electrons. The molecule has 2 atom stereocenters. The highest BCUT2D eigenvalue weighted by Crippen LogP contribution is 2.25. The number of halogens is 1. The molecule has 1 aromatic heterocycles. The zero-order valence-electron chi connectivity index (χ0n) is 11.7. The Morgan fingerprint density at radius 3 is 2.95 bits per heavy atom. The first-order valence-electron chi connectivity index (χ1n) is 6.74. The molecule has 0 bridgehead atoms. The molecule has 0 aromatic carbocycles. The second-order valence-electron chi connectivity index (χ2n) is 5.13. The molecule has 6 heteroatoms. The van der Waals surface area contributed by atoms with Crippen molar-refractivity contribution in [3.63, 3.8) is 0 Å². The normalized spacial score (nSPS) is 27.1.